The predicted octanol–water partition coefficient (Wildman–Crippen LogP) is 5.22. The molecular weight excluding hydrogens is 312 g/mol. The minimum absolute atomic E-state index is 0.193. The van der Waals surface area contributed by atoms with Gasteiger partial charge in [-0.2, -0.15) is 0 Å². The van der Waals surface area contributed by atoms with E-state index in [4.69, 9.17) is 33.7 Å². The number of benzene rings is 2. The van der Waals surface area contributed by atoms with Crippen molar-refractivity contribution in [3.8, 4) is 16.9 Å². The van der Waals surface area contributed by atoms with E-state index in [9.17, 15) is 4.39 Å². The predicted molar refractivity (Wildman–Crippen MR) is 85.6 cm³/mol. The number of halogens is 3. The van der Waals surface area contributed by atoms with E-state index in [0.29, 0.717) is 33.5 Å². The molecule has 0 aromatic heterocycles. The molecule has 2 nitrogen and oxygen atoms in total. The first-order valence-corrected chi connectivity index (χ1v) is 7.36. The monoisotopic (exact) mass is 327 g/mol. The van der Waals surface area contributed by atoms with E-state index in [2.05, 4.69) is 0 Å². The van der Waals surface area contributed by atoms with Crippen molar-refractivity contribution in [2.75, 3.05) is 6.61 Å². The summed E-state index contributed by atoms with van der Waals surface area (Å²) in [6.07, 6.45) is 0. The van der Waals surface area contributed by atoms with E-state index in [1.807, 2.05) is 13.8 Å². The third-order valence-corrected chi connectivity index (χ3v) is 3.74. The molecule has 2 rings (SSSR count). The molecule has 0 saturated heterocycles. The largest absolute Gasteiger partial charge is 0.492 e. The maximum absolute atomic E-state index is 14.1. The van der Waals surface area contributed by atoms with E-state index in [1.165, 1.54) is 6.07 Å². The molecule has 21 heavy (non-hydrogen) atoms. The summed E-state index contributed by atoms with van der Waals surface area (Å²) in [4.78, 5) is 0. The highest BCUT2D eigenvalue weighted by atomic mass is 35.5. The molecule has 2 aromatic rings. The summed E-state index contributed by atoms with van der Waals surface area (Å²) < 4.78 is 19.5. The smallest absolute Gasteiger partial charge is 0.139 e. The fraction of sp³-hybridized carbons (Fsp3) is 0.250. The van der Waals surface area contributed by atoms with Crippen molar-refractivity contribution < 1.29 is 9.13 Å². The average Bonchev–Trinajstić information content (AvgIpc) is 2.43. The molecule has 5 heteroatoms. The van der Waals surface area contributed by atoms with E-state index >= 15 is 0 Å². The van der Waals surface area contributed by atoms with Gasteiger partial charge >= 0.3 is 0 Å². The molecule has 0 amide bonds. The zero-order valence-corrected chi connectivity index (χ0v) is 13.3. The first-order valence-electron chi connectivity index (χ1n) is 6.61. The van der Waals surface area contributed by atoms with Gasteiger partial charge in [-0.3, -0.25) is 0 Å². The lowest BCUT2D eigenvalue weighted by atomic mass is 9.99. The molecule has 0 spiro atoms. The average molecular weight is 328 g/mol. The quantitative estimate of drug-likeness (QED) is 0.835. The Hall–Kier alpha value is -1.29. The molecule has 0 aliphatic heterocycles. The second-order valence-corrected chi connectivity index (χ2v) is 5.54. The lowest BCUT2D eigenvalue weighted by molar-refractivity contribution is 0.340. The Kier molecular flexibility index (Phi) is 5.09. The third-order valence-electron chi connectivity index (χ3n) is 3.13. The van der Waals surface area contributed by atoms with Crippen LogP contribution in [0.2, 0.25) is 10.0 Å². The van der Waals surface area contributed by atoms with Gasteiger partial charge in [-0.15, -0.1) is 0 Å². The summed E-state index contributed by atoms with van der Waals surface area (Å²) >= 11 is 12.4. The van der Waals surface area contributed by atoms with Crippen molar-refractivity contribution in [2.24, 2.45) is 5.73 Å². The molecule has 0 bridgehead atoms. The maximum atomic E-state index is 14.1. The summed E-state index contributed by atoms with van der Waals surface area (Å²) in [5.41, 5.74) is 7.56. The molecular formula is C16H16Cl2FNO. The number of nitrogens with two attached hydrogens (primary N) is 1. The van der Waals surface area contributed by atoms with E-state index in [0.717, 1.165) is 5.56 Å². The van der Waals surface area contributed by atoms with Crippen LogP contribution in [0.4, 0.5) is 4.39 Å². The maximum Gasteiger partial charge on any atom is 0.139 e. The first-order chi connectivity index (χ1) is 9.93. The molecule has 1 unspecified atom stereocenters. The molecule has 112 valence electrons. The van der Waals surface area contributed by atoms with Crippen molar-refractivity contribution in [2.45, 2.75) is 19.9 Å². The normalized spacial score (nSPS) is 12.3. The molecule has 0 heterocycles. The first kappa shape index (κ1) is 16.1. The Labute approximate surface area is 133 Å². The van der Waals surface area contributed by atoms with Crippen molar-refractivity contribution in [1.82, 2.24) is 0 Å². The van der Waals surface area contributed by atoms with Crippen LogP contribution in [0, 0.1) is 5.82 Å². The molecule has 0 saturated carbocycles. The van der Waals surface area contributed by atoms with Crippen molar-refractivity contribution in [1.29, 1.82) is 0 Å². The zero-order valence-electron chi connectivity index (χ0n) is 11.8. The van der Waals surface area contributed by atoms with Gasteiger partial charge < -0.3 is 10.5 Å². The molecule has 0 fully saturated rings. The van der Waals surface area contributed by atoms with Crippen molar-refractivity contribution in [3.63, 3.8) is 0 Å². The summed E-state index contributed by atoms with van der Waals surface area (Å²) in [6.45, 7) is 4.16. The van der Waals surface area contributed by atoms with Crippen LogP contribution >= 0.6 is 23.2 Å². The van der Waals surface area contributed by atoms with Crippen LogP contribution in [-0.4, -0.2) is 6.61 Å². The number of hydrogen-bond acceptors (Lipinski definition) is 2. The van der Waals surface area contributed by atoms with E-state index in [1.54, 1.807) is 24.3 Å². The van der Waals surface area contributed by atoms with Crippen LogP contribution in [0.5, 0.6) is 5.75 Å². The SMILES string of the molecule is CCOc1cc(Cl)c(-c2cc(C(C)N)ccc2F)cc1Cl. The fourth-order valence-electron chi connectivity index (χ4n) is 2.03. The minimum atomic E-state index is -0.374. The summed E-state index contributed by atoms with van der Waals surface area (Å²) in [7, 11) is 0. The number of hydrogen-bond donors (Lipinski definition) is 1. The van der Waals surface area contributed by atoms with Crippen LogP contribution < -0.4 is 10.5 Å². The summed E-state index contributed by atoms with van der Waals surface area (Å²) in [5.74, 6) is 0.109. The second kappa shape index (κ2) is 6.65. The molecule has 0 aliphatic rings. The van der Waals surface area contributed by atoms with Crippen LogP contribution in [-0.2, 0) is 0 Å². The van der Waals surface area contributed by atoms with Crippen molar-refractivity contribution >= 4 is 23.2 Å². The highest BCUT2D eigenvalue weighted by Gasteiger charge is 2.14. The lowest BCUT2D eigenvalue weighted by Crippen LogP contribution is -2.05. The Bertz CT molecular complexity index is 659. The van der Waals surface area contributed by atoms with Gasteiger partial charge in [0.15, 0.2) is 0 Å². The lowest BCUT2D eigenvalue weighted by Gasteiger charge is -2.13. The zero-order chi connectivity index (χ0) is 15.6. The standard InChI is InChI=1S/C16H16Cl2FNO/c1-3-21-16-8-13(17)11(7-14(16)18)12-6-10(9(2)20)4-5-15(12)19/h4-9H,3,20H2,1-2H3. The Balaban J connectivity index is 2.56. The second-order valence-electron chi connectivity index (χ2n) is 4.72. The van der Waals surface area contributed by atoms with Gasteiger partial charge in [-0.05, 0) is 37.6 Å². The van der Waals surface area contributed by atoms with Gasteiger partial charge in [0.2, 0.25) is 0 Å². The third kappa shape index (κ3) is 3.49. The molecule has 2 N–H and O–H groups in total. The highest BCUT2D eigenvalue weighted by Crippen LogP contribution is 2.38. The van der Waals surface area contributed by atoms with Crippen LogP contribution in [0.3, 0.4) is 0 Å². The Morgan fingerprint density at radius 1 is 1.14 bits per heavy atom. The van der Waals surface area contributed by atoms with Gasteiger partial charge in [-0.1, -0.05) is 29.3 Å². The van der Waals surface area contributed by atoms with Gasteiger partial charge in [0, 0.05) is 23.2 Å². The van der Waals surface area contributed by atoms with Crippen LogP contribution in [0.1, 0.15) is 25.5 Å². The number of rotatable bonds is 4. The minimum Gasteiger partial charge on any atom is -0.492 e. The molecule has 1 atom stereocenters. The summed E-state index contributed by atoms with van der Waals surface area (Å²) in [5, 5.41) is 0.769. The van der Waals surface area contributed by atoms with Gasteiger partial charge in [-0.25, -0.2) is 4.39 Å². The van der Waals surface area contributed by atoms with Gasteiger partial charge in [0.05, 0.1) is 16.7 Å². The van der Waals surface area contributed by atoms with Gasteiger partial charge in [0.25, 0.3) is 0 Å². The van der Waals surface area contributed by atoms with E-state index in [-0.39, 0.29) is 11.9 Å². The molecule has 2 aromatic carbocycles. The van der Waals surface area contributed by atoms with Crippen LogP contribution in [0.25, 0.3) is 11.1 Å². The molecule has 0 aliphatic carbocycles. The molecule has 0 radical (unpaired) electrons. The topological polar surface area (TPSA) is 35.2 Å². The Morgan fingerprint density at radius 2 is 1.86 bits per heavy atom. The number of ether oxygens (including phenoxy) is 1. The van der Waals surface area contributed by atoms with Crippen molar-refractivity contribution in [3.05, 3.63) is 51.8 Å². The fourth-order valence-corrected chi connectivity index (χ4v) is 2.51. The highest BCUT2D eigenvalue weighted by molar-refractivity contribution is 6.36. The summed E-state index contributed by atoms with van der Waals surface area (Å²) in [6, 6.07) is 7.75. The van der Waals surface area contributed by atoms with E-state index < -0.39 is 0 Å². The van der Waals surface area contributed by atoms with Crippen LogP contribution in [0.15, 0.2) is 30.3 Å². The Morgan fingerprint density at radius 3 is 2.48 bits per heavy atom. The van der Waals surface area contributed by atoms with Gasteiger partial charge in [0.1, 0.15) is 11.6 Å².